The first-order chi connectivity index (χ1) is 31.5. The number of aryl methyl sites for hydroxylation is 3. The number of fused-ring (bicyclic) bond motifs is 2. The summed E-state index contributed by atoms with van der Waals surface area (Å²) in [4.78, 5) is 81.7. The Morgan fingerprint density at radius 1 is 0.697 bits per heavy atom. The molecule has 8 rings (SSSR count). The number of carbonyl (C=O) groups excluding carboxylic acids is 5. The molecule has 7 aromatic rings. The van der Waals surface area contributed by atoms with E-state index in [0.717, 1.165) is 24.2 Å². The van der Waals surface area contributed by atoms with E-state index in [1.165, 1.54) is 34.7 Å². The fourth-order valence-corrected chi connectivity index (χ4v) is 6.59. The predicted octanol–water partition coefficient (Wildman–Crippen LogP) is 5.73. The Labute approximate surface area is 371 Å². The van der Waals surface area contributed by atoms with E-state index in [1.54, 1.807) is 69.6 Å². The third kappa shape index (κ3) is 10.1. The summed E-state index contributed by atoms with van der Waals surface area (Å²) < 4.78 is 54.7. The number of Topliss-reactive ketones (excluding diaryl/α,β-unsaturated/α-hetero) is 1. The van der Waals surface area contributed by atoms with Crippen molar-refractivity contribution < 1.29 is 41.5 Å². The van der Waals surface area contributed by atoms with Crippen LogP contribution in [-0.4, -0.2) is 73.9 Å². The number of nitrogens with zero attached hydrogens (tertiary/aromatic N) is 9. The number of amides is 4. The van der Waals surface area contributed by atoms with Gasteiger partial charge in [0, 0.05) is 50.1 Å². The first-order valence-electron chi connectivity index (χ1n) is 19.8. The number of benzene rings is 2. The Balaban J connectivity index is 0.000000197. The van der Waals surface area contributed by atoms with Crippen LogP contribution in [0, 0.1) is 12.7 Å². The Morgan fingerprint density at radius 2 is 1.35 bits per heavy atom. The SMILES string of the molecule is CC(=O)c1ccc(C(=O)Nc2c3ncnc(C(=O)NCc4ccc(F)c(C)c4)c3nn2C)cc1.Cn1nc(NC(=O)C2=CCC=C2)c2ncnc(C(=O)NCc3ccnc(C(F)(F)F)c3)c21. The lowest BCUT2D eigenvalue weighted by atomic mass is 10.1. The smallest absolute Gasteiger partial charge is 0.347 e. The summed E-state index contributed by atoms with van der Waals surface area (Å²) in [7, 11) is 3.17. The molecule has 0 bridgehead atoms. The molecule has 0 fully saturated rings. The first-order valence-corrected chi connectivity index (χ1v) is 19.8. The van der Waals surface area contributed by atoms with Gasteiger partial charge in [-0.1, -0.05) is 42.5 Å². The van der Waals surface area contributed by atoms with Crippen molar-refractivity contribution in [2.75, 3.05) is 10.6 Å². The first kappa shape index (κ1) is 45.5. The summed E-state index contributed by atoms with van der Waals surface area (Å²) in [6.45, 7) is 3.11. The molecule has 18 nitrogen and oxygen atoms in total. The zero-order valence-corrected chi connectivity index (χ0v) is 35.4. The molecule has 336 valence electrons. The van der Waals surface area contributed by atoms with Crippen molar-refractivity contribution in [3.8, 4) is 0 Å². The summed E-state index contributed by atoms with van der Waals surface area (Å²) in [5, 5.41) is 19.2. The monoisotopic (exact) mass is 903 g/mol. The lowest BCUT2D eigenvalue weighted by Gasteiger charge is -2.09. The molecule has 0 radical (unpaired) electrons. The second-order valence-electron chi connectivity index (χ2n) is 14.6. The molecule has 5 aromatic heterocycles. The molecule has 5 heterocycles. The molecule has 1 aliphatic carbocycles. The number of aromatic nitrogens is 9. The molecule has 22 heteroatoms. The van der Waals surface area contributed by atoms with Gasteiger partial charge in [0.1, 0.15) is 46.2 Å². The van der Waals surface area contributed by atoms with Crippen LogP contribution < -0.4 is 21.3 Å². The number of alkyl halides is 3. The van der Waals surface area contributed by atoms with Crippen molar-refractivity contribution in [2.24, 2.45) is 14.1 Å². The highest BCUT2D eigenvalue weighted by molar-refractivity contribution is 6.12. The maximum Gasteiger partial charge on any atom is 0.433 e. The fourth-order valence-electron chi connectivity index (χ4n) is 6.59. The zero-order chi connectivity index (χ0) is 47.3. The number of allylic oxidation sites excluding steroid dienone is 2. The van der Waals surface area contributed by atoms with Crippen LogP contribution in [0.25, 0.3) is 22.1 Å². The summed E-state index contributed by atoms with van der Waals surface area (Å²) >= 11 is 0. The van der Waals surface area contributed by atoms with Crippen LogP contribution in [0.3, 0.4) is 0 Å². The Morgan fingerprint density at radius 3 is 2.00 bits per heavy atom. The number of nitrogens with one attached hydrogen (secondary N) is 4. The molecule has 0 unspecified atom stereocenters. The summed E-state index contributed by atoms with van der Waals surface area (Å²) in [6.07, 6.45) is 4.78. The van der Waals surface area contributed by atoms with E-state index in [-0.39, 0.29) is 69.9 Å². The zero-order valence-electron chi connectivity index (χ0n) is 35.4. The molecule has 1 aliphatic rings. The van der Waals surface area contributed by atoms with Gasteiger partial charge in [0.2, 0.25) is 0 Å². The highest BCUT2D eigenvalue weighted by atomic mass is 19.4. The van der Waals surface area contributed by atoms with Gasteiger partial charge in [-0.3, -0.25) is 33.6 Å². The number of carbonyl (C=O) groups is 5. The van der Waals surface area contributed by atoms with Crippen LogP contribution in [0.15, 0.2) is 97.2 Å². The molecule has 2 aromatic carbocycles. The topological polar surface area (TPSA) is 234 Å². The number of rotatable bonds is 11. The quantitative estimate of drug-likeness (QED) is 0.0901. The lowest BCUT2D eigenvalue weighted by molar-refractivity contribution is -0.141. The standard InChI is InChI=1S/C24H21FN6O3.C20H16F3N7O2/c1-13-10-15(4-9-18(13)25)11-26-24(34)21-19-20(27-12-28-21)22(31(3)30-19)29-23(33)17-7-5-16(6-8-17)14(2)32;1-30-16-14(17(29-30)28-18(31)12-4-2-3-5-12)26-10-27-15(16)19(32)25-9-11-6-7-24-13(8-11)20(21,22)23/h4-10,12H,11H2,1-3H3,(H,26,34)(H,29,33);2,4-8,10H,3,9H2,1H3,(H,25,32)(H,28,29,31). The second kappa shape index (κ2) is 19.0. The summed E-state index contributed by atoms with van der Waals surface area (Å²) in [5.74, 6) is -1.85. The maximum atomic E-state index is 13.5. The third-order valence-electron chi connectivity index (χ3n) is 9.96. The summed E-state index contributed by atoms with van der Waals surface area (Å²) in [5.41, 5.74) is 2.80. The molecule has 0 saturated heterocycles. The molecule has 0 spiro atoms. The molecule has 0 aliphatic heterocycles. The predicted molar refractivity (Wildman–Crippen MR) is 230 cm³/mol. The van der Waals surface area contributed by atoms with Crippen molar-refractivity contribution in [1.82, 2.24) is 55.1 Å². The number of hydrogen-bond acceptors (Lipinski definition) is 12. The van der Waals surface area contributed by atoms with Crippen molar-refractivity contribution in [3.05, 3.63) is 148 Å². The van der Waals surface area contributed by atoms with Gasteiger partial charge in [-0.25, -0.2) is 29.0 Å². The Bertz CT molecular complexity index is 3120. The van der Waals surface area contributed by atoms with E-state index in [1.807, 2.05) is 6.08 Å². The largest absolute Gasteiger partial charge is 0.433 e. The van der Waals surface area contributed by atoms with Gasteiger partial charge in [-0.2, -0.15) is 23.4 Å². The van der Waals surface area contributed by atoms with E-state index in [4.69, 9.17) is 0 Å². The van der Waals surface area contributed by atoms with Gasteiger partial charge in [0.05, 0.1) is 0 Å². The van der Waals surface area contributed by atoms with Gasteiger partial charge in [0.25, 0.3) is 23.6 Å². The van der Waals surface area contributed by atoms with Crippen LogP contribution >= 0.6 is 0 Å². The Kier molecular flexibility index (Phi) is 13.1. The van der Waals surface area contributed by atoms with Crippen molar-refractivity contribution in [2.45, 2.75) is 39.5 Å². The molecular weight excluding hydrogens is 867 g/mol. The summed E-state index contributed by atoms with van der Waals surface area (Å²) in [6, 6.07) is 13.1. The van der Waals surface area contributed by atoms with Gasteiger partial charge >= 0.3 is 6.18 Å². The number of pyridine rings is 1. The molecule has 4 N–H and O–H groups in total. The maximum absolute atomic E-state index is 13.5. The number of anilines is 2. The van der Waals surface area contributed by atoms with Crippen molar-refractivity contribution >= 4 is 63.1 Å². The number of halogens is 4. The number of hydrogen-bond donors (Lipinski definition) is 4. The minimum absolute atomic E-state index is 0.0319. The van der Waals surface area contributed by atoms with Crippen LogP contribution in [-0.2, 0) is 38.2 Å². The Hall–Kier alpha value is -8.56. The minimum Gasteiger partial charge on any atom is -0.347 e. The van der Waals surface area contributed by atoms with Crippen LogP contribution in [0.5, 0.6) is 0 Å². The lowest BCUT2D eigenvalue weighted by Crippen LogP contribution is -2.25. The van der Waals surface area contributed by atoms with E-state index < -0.39 is 29.6 Å². The molecule has 66 heavy (non-hydrogen) atoms. The third-order valence-corrected chi connectivity index (χ3v) is 9.96. The fraction of sp³-hybridized carbons (Fsp3) is 0.182. The van der Waals surface area contributed by atoms with Crippen LogP contribution in [0.2, 0.25) is 0 Å². The minimum atomic E-state index is -4.58. The number of ketones is 1. The van der Waals surface area contributed by atoms with Gasteiger partial charge in [0.15, 0.2) is 28.8 Å². The molecular formula is C44H37F4N13O5. The average Bonchev–Trinajstić information content (AvgIpc) is 4.04. The average molecular weight is 904 g/mol. The molecule has 0 atom stereocenters. The second-order valence-corrected chi connectivity index (χ2v) is 14.6. The molecule has 4 amide bonds. The molecule has 0 saturated carbocycles. The van der Waals surface area contributed by atoms with Gasteiger partial charge in [-0.15, -0.1) is 0 Å². The van der Waals surface area contributed by atoms with Crippen molar-refractivity contribution in [1.29, 1.82) is 0 Å². The normalized spacial score (nSPS) is 12.0. The van der Waals surface area contributed by atoms with E-state index >= 15 is 0 Å². The van der Waals surface area contributed by atoms with E-state index in [2.05, 4.69) is 56.4 Å². The van der Waals surface area contributed by atoms with Crippen LogP contribution in [0.1, 0.15) is 77.4 Å². The van der Waals surface area contributed by atoms with E-state index in [9.17, 15) is 41.5 Å². The highest BCUT2D eigenvalue weighted by Gasteiger charge is 2.32. The van der Waals surface area contributed by atoms with E-state index in [0.29, 0.717) is 40.0 Å². The van der Waals surface area contributed by atoms with Crippen LogP contribution in [0.4, 0.5) is 29.2 Å². The van der Waals surface area contributed by atoms with Gasteiger partial charge in [-0.05, 0) is 67.3 Å². The van der Waals surface area contributed by atoms with Crippen molar-refractivity contribution in [3.63, 3.8) is 0 Å². The highest BCUT2D eigenvalue weighted by Crippen LogP contribution is 2.28. The van der Waals surface area contributed by atoms with Gasteiger partial charge < -0.3 is 21.3 Å².